The van der Waals surface area contributed by atoms with Crippen molar-refractivity contribution in [1.82, 2.24) is 48.6 Å². The number of amides is 3. The normalized spacial score (nSPS) is 27.2. The van der Waals surface area contributed by atoms with E-state index in [1.807, 2.05) is 24.3 Å². The Balaban J connectivity index is 0.690. The summed E-state index contributed by atoms with van der Waals surface area (Å²) in [4.78, 5) is 63.3. The molecule has 0 radical (unpaired) electrons. The van der Waals surface area contributed by atoms with Crippen LogP contribution in [-0.2, 0) is 21.4 Å². The summed E-state index contributed by atoms with van der Waals surface area (Å²) in [6, 6.07) is 7.73. The average molecular weight is 863 g/mol. The van der Waals surface area contributed by atoms with Crippen LogP contribution in [0.25, 0.3) is 16.7 Å². The maximum atomic E-state index is 14.3. The fourth-order valence-corrected chi connectivity index (χ4v) is 11.1. The van der Waals surface area contributed by atoms with Crippen molar-refractivity contribution in [2.24, 2.45) is 13.0 Å². The van der Waals surface area contributed by atoms with Crippen LogP contribution in [0.3, 0.4) is 0 Å². The number of ether oxygens (including phenoxy) is 1. The number of alkyl halides is 2. The lowest BCUT2D eigenvalue weighted by atomic mass is 9.85. The van der Waals surface area contributed by atoms with Crippen molar-refractivity contribution in [3.63, 3.8) is 0 Å². The van der Waals surface area contributed by atoms with Crippen molar-refractivity contribution in [2.75, 3.05) is 49.5 Å². The molecule has 6 aliphatic rings. The number of benzene rings is 1. The van der Waals surface area contributed by atoms with Gasteiger partial charge >= 0.3 is 5.69 Å². The van der Waals surface area contributed by atoms with Gasteiger partial charge in [-0.1, -0.05) is 17.9 Å². The van der Waals surface area contributed by atoms with Gasteiger partial charge in [0.25, 0.3) is 12.3 Å². The number of imide groups is 1. The quantitative estimate of drug-likeness (QED) is 0.165. The van der Waals surface area contributed by atoms with Crippen molar-refractivity contribution >= 4 is 45.9 Å². The molecule has 11 rings (SSSR count). The van der Waals surface area contributed by atoms with Gasteiger partial charge < -0.3 is 15.0 Å². The zero-order valence-electron chi connectivity index (χ0n) is 34.8. The van der Waals surface area contributed by atoms with E-state index in [0.29, 0.717) is 47.8 Å². The highest BCUT2D eigenvalue weighted by atomic mass is 19.3. The van der Waals surface area contributed by atoms with E-state index in [-0.39, 0.29) is 53.9 Å². The third-order valence-corrected chi connectivity index (χ3v) is 14.3. The molecule has 1 aromatic carbocycles. The van der Waals surface area contributed by atoms with Crippen LogP contribution in [0.2, 0.25) is 0 Å². The standard InChI is InChI=1S/C44H48F2N12O5/c1-52-39-26(4-2-6-34(39)58(44(52)62)35-11-12-37(59)50-43(35)61)5-3-14-53-20-29-16-28(53)21-54(29)19-25-7-9-27(10-8-25)57-23-33(38(51-57)40(45)46)48-42(60)32-18-47-56-15-13-36(49-41(32)56)55-22-31-17-30(55)24-63-31/h2,4,6,13,15,18,23,25,27-31,35,40H,7-12,14,16-17,19-22,24H2,1H3,(H,48,60)(H,50,59,61)/t25-,27-,28-,29-,30-,31-,35?/m1/s1. The minimum absolute atomic E-state index is 0.00416. The van der Waals surface area contributed by atoms with Crippen LogP contribution in [0.1, 0.15) is 91.5 Å². The topological polar surface area (TPSA) is 169 Å². The molecule has 1 aliphatic carbocycles. The van der Waals surface area contributed by atoms with E-state index >= 15 is 0 Å². The summed E-state index contributed by atoms with van der Waals surface area (Å²) < 4.78 is 40.5. The molecule has 1 saturated carbocycles. The molecule has 5 atom stereocenters. The van der Waals surface area contributed by atoms with Crippen molar-refractivity contribution in [3.05, 3.63) is 70.2 Å². The van der Waals surface area contributed by atoms with Crippen molar-refractivity contribution in [1.29, 1.82) is 0 Å². The highest BCUT2D eigenvalue weighted by molar-refractivity contribution is 6.08. The number of morpholine rings is 1. The number of likely N-dealkylation sites (tertiary alicyclic amines) is 2. The third-order valence-electron chi connectivity index (χ3n) is 14.3. The predicted molar refractivity (Wildman–Crippen MR) is 225 cm³/mol. The Morgan fingerprint density at radius 1 is 1.00 bits per heavy atom. The number of halogens is 2. The molecule has 17 nitrogen and oxygen atoms in total. The molecule has 0 spiro atoms. The van der Waals surface area contributed by atoms with E-state index in [0.717, 1.165) is 76.1 Å². The molecule has 63 heavy (non-hydrogen) atoms. The Morgan fingerprint density at radius 3 is 2.57 bits per heavy atom. The maximum Gasteiger partial charge on any atom is 0.329 e. The van der Waals surface area contributed by atoms with Gasteiger partial charge in [0.2, 0.25) is 11.8 Å². The van der Waals surface area contributed by atoms with Crippen molar-refractivity contribution in [2.45, 2.75) is 94.1 Å². The summed E-state index contributed by atoms with van der Waals surface area (Å²) in [5, 5.41) is 13.7. The minimum Gasteiger partial charge on any atom is -0.374 e. The fourth-order valence-electron chi connectivity index (χ4n) is 11.1. The largest absolute Gasteiger partial charge is 0.374 e. The van der Waals surface area contributed by atoms with E-state index in [2.05, 4.69) is 47.4 Å². The third kappa shape index (κ3) is 7.08. The van der Waals surface area contributed by atoms with Crippen molar-refractivity contribution < 1.29 is 27.9 Å². The highest BCUT2D eigenvalue weighted by Gasteiger charge is 2.44. The molecule has 6 fully saturated rings. The lowest BCUT2D eigenvalue weighted by Gasteiger charge is -2.37. The first-order valence-corrected chi connectivity index (χ1v) is 22.0. The number of nitrogens with zero attached hydrogens (tertiary/aromatic N) is 10. The molecular weight excluding hydrogens is 815 g/mol. The minimum atomic E-state index is -2.86. The molecule has 5 saturated heterocycles. The number of aromatic nitrogens is 7. The average Bonchev–Trinajstić information content (AvgIpc) is 4.16. The number of aryl methyl sites for hydroxylation is 1. The van der Waals surface area contributed by atoms with Gasteiger partial charge in [-0.3, -0.25) is 43.3 Å². The molecule has 1 unspecified atom stereocenters. The summed E-state index contributed by atoms with van der Waals surface area (Å²) in [6.07, 6.45) is 8.07. The first kappa shape index (κ1) is 39.8. The van der Waals surface area contributed by atoms with Crippen LogP contribution < -0.4 is 21.2 Å². The van der Waals surface area contributed by atoms with Gasteiger partial charge in [-0.05, 0) is 69.1 Å². The Kier molecular flexibility index (Phi) is 9.92. The first-order chi connectivity index (χ1) is 30.6. The first-order valence-electron chi connectivity index (χ1n) is 22.0. The number of imidazole rings is 1. The number of piperazine rings is 1. The molecular formula is C44H48F2N12O5. The van der Waals surface area contributed by atoms with Gasteiger partial charge in [-0.25, -0.2) is 23.1 Å². The number of piperidine rings is 1. The fraction of sp³-hybridized carbons (Fsp3) is 0.523. The molecule has 19 heteroatoms. The smallest absolute Gasteiger partial charge is 0.329 e. The van der Waals surface area contributed by atoms with Crippen LogP contribution in [0.5, 0.6) is 0 Å². The maximum absolute atomic E-state index is 14.3. The second-order valence-electron chi connectivity index (χ2n) is 18.0. The van der Waals surface area contributed by atoms with E-state index in [1.54, 1.807) is 24.1 Å². The van der Waals surface area contributed by atoms with Crippen LogP contribution in [0, 0.1) is 17.8 Å². The zero-order valence-corrected chi connectivity index (χ0v) is 34.8. The SMILES string of the molecule is Cn1c(=O)n(C2CCC(=O)NC2=O)c2cccc(C#CCN3C[C@H]4C[C@@H]3CN4C[C@H]3CC[C@H](n4cc(NC(=O)c5cnn6ccc(N7C[C@H]8C[C@@H]7CO8)nc56)c(C(F)F)n4)CC3)c21. The van der Waals surface area contributed by atoms with Crippen LogP contribution in [0.4, 0.5) is 20.3 Å². The number of anilines is 2. The second-order valence-corrected chi connectivity index (χ2v) is 18.0. The number of carbonyl (C=O) groups is 3. The Hall–Kier alpha value is -5.97. The van der Waals surface area contributed by atoms with Gasteiger partial charge in [-0.15, -0.1) is 0 Å². The molecule has 328 valence electrons. The molecule has 2 N–H and O–H groups in total. The lowest BCUT2D eigenvalue weighted by molar-refractivity contribution is -0.135. The number of hydrogen-bond acceptors (Lipinski definition) is 11. The molecule has 5 aromatic rings. The molecule has 9 heterocycles. The number of hydrogen-bond donors (Lipinski definition) is 2. The number of rotatable bonds is 9. The molecule has 5 aliphatic heterocycles. The summed E-state index contributed by atoms with van der Waals surface area (Å²) in [7, 11) is 1.68. The van der Waals surface area contributed by atoms with Crippen LogP contribution in [0.15, 0.2) is 47.7 Å². The molecule has 3 amide bonds. The van der Waals surface area contributed by atoms with Gasteiger partial charge in [0.05, 0.1) is 59.8 Å². The monoisotopic (exact) mass is 862 g/mol. The zero-order chi connectivity index (χ0) is 43.1. The van der Waals surface area contributed by atoms with E-state index < -0.39 is 30.0 Å². The Labute approximate surface area is 360 Å². The Morgan fingerprint density at radius 2 is 1.83 bits per heavy atom. The Bertz CT molecular complexity index is 2780. The van der Waals surface area contributed by atoms with Crippen LogP contribution in [-0.4, -0.2) is 125 Å². The lowest BCUT2D eigenvalue weighted by Crippen LogP contribution is -2.48. The molecule has 4 aromatic heterocycles. The van der Waals surface area contributed by atoms with Gasteiger partial charge in [0.15, 0.2) is 11.3 Å². The second kappa shape index (κ2) is 15.7. The summed E-state index contributed by atoms with van der Waals surface area (Å²) >= 11 is 0. The van der Waals surface area contributed by atoms with Gasteiger partial charge in [0.1, 0.15) is 17.4 Å². The van der Waals surface area contributed by atoms with E-state index in [1.165, 1.54) is 19.8 Å². The summed E-state index contributed by atoms with van der Waals surface area (Å²) in [6.45, 7) is 4.89. The van der Waals surface area contributed by atoms with E-state index in [9.17, 15) is 28.0 Å². The number of carbonyl (C=O) groups excluding carboxylic acids is 3. The molecule has 4 bridgehead atoms. The van der Waals surface area contributed by atoms with E-state index in [4.69, 9.17) is 9.72 Å². The highest BCUT2D eigenvalue weighted by Crippen LogP contribution is 2.38. The number of para-hydroxylation sites is 1. The predicted octanol–water partition coefficient (Wildman–Crippen LogP) is 3.27. The van der Waals surface area contributed by atoms with Crippen molar-refractivity contribution in [3.8, 4) is 11.8 Å². The van der Waals surface area contributed by atoms with Gasteiger partial charge in [-0.2, -0.15) is 10.2 Å². The summed E-state index contributed by atoms with van der Waals surface area (Å²) in [5.41, 5.74) is 1.80. The number of fused-ring (bicyclic) bond motifs is 6. The van der Waals surface area contributed by atoms with Crippen LogP contribution >= 0.6 is 0 Å². The summed E-state index contributed by atoms with van der Waals surface area (Å²) in [5.74, 6) is 6.53. The van der Waals surface area contributed by atoms with Gasteiger partial charge in [0, 0.05) is 64.1 Å². The number of nitrogens with one attached hydrogen (secondary N) is 2.